The van der Waals surface area contributed by atoms with Gasteiger partial charge in [-0.2, -0.15) is 0 Å². The maximum absolute atomic E-state index is 12.3. The zero-order chi connectivity index (χ0) is 20.0. The minimum absolute atomic E-state index is 0.000495. The van der Waals surface area contributed by atoms with Gasteiger partial charge in [-0.05, 0) is 45.0 Å². The van der Waals surface area contributed by atoms with Crippen molar-refractivity contribution in [3.63, 3.8) is 0 Å². The molecule has 1 aromatic carbocycles. The number of nitrogens with one attached hydrogen (secondary N) is 1. The molecule has 1 fully saturated rings. The fraction of sp³-hybridized carbons (Fsp3) is 0.529. The van der Waals surface area contributed by atoms with Crippen molar-refractivity contribution < 1.29 is 19.6 Å². The number of nitro groups is 1. The first-order chi connectivity index (χ1) is 12.8. The summed E-state index contributed by atoms with van der Waals surface area (Å²) < 4.78 is 0. The molecule has 10 heteroatoms. The first-order valence-corrected chi connectivity index (χ1v) is 9.02. The van der Waals surface area contributed by atoms with E-state index in [1.54, 1.807) is 7.05 Å². The van der Waals surface area contributed by atoms with E-state index in [0.717, 1.165) is 25.8 Å². The molecule has 9 nitrogen and oxygen atoms in total. The summed E-state index contributed by atoms with van der Waals surface area (Å²) in [6.07, 6.45) is 2.53. The van der Waals surface area contributed by atoms with Crippen molar-refractivity contribution in [2.45, 2.75) is 25.3 Å². The van der Waals surface area contributed by atoms with Crippen molar-refractivity contribution in [2.24, 2.45) is 0 Å². The molecule has 1 unspecified atom stereocenters. The fourth-order valence-corrected chi connectivity index (χ4v) is 3.40. The van der Waals surface area contributed by atoms with Gasteiger partial charge in [0.05, 0.1) is 18.0 Å². The Morgan fingerprint density at radius 2 is 2.15 bits per heavy atom. The minimum Gasteiger partial charge on any atom is -0.480 e. The Morgan fingerprint density at radius 1 is 1.41 bits per heavy atom. The summed E-state index contributed by atoms with van der Waals surface area (Å²) in [4.78, 5) is 37.3. The van der Waals surface area contributed by atoms with Crippen molar-refractivity contribution in [2.75, 3.05) is 38.5 Å². The molecule has 148 valence electrons. The molecular formula is C17H23ClN4O5. The van der Waals surface area contributed by atoms with Gasteiger partial charge in [-0.3, -0.25) is 29.5 Å². The van der Waals surface area contributed by atoms with E-state index in [4.69, 9.17) is 16.7 Å². The number of carbonyl (C=O) groups is 2. The number of amides is 1. The van der Waals surface area contributed by atoms with E-state index in [1.165, 1.54) is 18.2 Å². The molecule has 1 atom stereocenters. The molecule has 0 aliphatic carbocycles. The number of carbonyl (C=O) groups excluding carboxylic acids is 1. The van der Waals surface area contributed by atoms with E-state index in [1.807, 2.05) is 9.80 Å². The number of likely N-dealkylation sites (N-methyl/N-ethyl adjacent to an activating group) is 1. The normalized spacial score (nSPS) is 18.1. The zero-order valence-electron chi connectivity index (χ0n) is 15.1. The van der Waals surface area contributed by atoms with Gasteiger partial charge in [-0.25, -0.2) is 0 Å². The molecule has 27 heavy (non-hydrogen) atoms. The van der Waals surface area contributed by atoms with Crippen LogP contribution < -0.4 is 5.32 Å². The topological polar surface area (TPSA) is 116 Å². The second-order valence-electron chi connectivity index (χ2n) is 6.64. The number of nitro benzene ring substituents is 1. The molecule has 2 N–H and O–H groups in total. The molecule has 0 saturated carbocycles. The van der Waals surface area contributed by atoms with Crippen LogP contribution in [0, 0.1) is 10.1 Å². The predicted molar refractivity (Wildman–Crippen MR) is 101 cm³/mol. The van der Waals surface area contributed by atoms with Crippen LogP contribution in [-0.2, 0) is 9.59 Å². The summed E-state index contributed by atoms with van der Waals surface area (Å²) in [6.45, 7) is 1.60. The first kappa shape index (κ1) is 21.1. The summed E-state index contributed by atoms with van der Waals surface area (Å²) in [5.74, 6) is -1.11. The van der Waals surface area contributed by atoms with Crippen LogP contribution in [0.3, 0.4) is 0 Å². The van der Waals surface area contributed by atoms with Gasteiger partial charge in [-0.15, -0.1) is 0 Å². The molecule has 2 rings (SSSR count). The molecule has 1 aliphatic rings. The monoisotopic (exact) mass is 398 g/mol. The van der Waals surface area contributed by atoms with Crippen molar-refractivity contribution in [1.29, 1.82) is 0 Å². The molecule has 1 aliphatic heterocycles. The Labute approximate surface area is 162 Å². The maximum atomic E-state index is 12.3. The number of aliphatic carboxylic acids is 1. The second-order valence-corrected chi connectivity index (χ2v) is 7.05. The summed E-state index contributed by atoms with van der Waals surface area (Å²) in [5.41, 5.74) is 0.0681. The Hall–Kier alpha value is -2.23. The highest BCUT2D eigenvalue weighted by molar-refractivity contribution is 6.32. The van der Waals surface area contributed by atoms with Crippen molar-refractivity contribution in [1.82, 2.24) is 9.80 Å². The van der Waals surface area contributed by atoms with Gasteiger partial charge >= 0.3 is 5.97 Å². The quantitative estimate of drug-likeness (QED) is 0.533. The smallest absolute Gasteiger partial charge is 0.317 e. The van der Waals surface area contributed by atoms with Crippen LogP contribution in [0.1, 0.15) is 19.3 Å². The molecule has 1 aromatic rings. The van der Waals surface area contributed by atoms with E-state index in [2.05, 4.69) is 5.32 Å². The number of carboxylic acids is 1. The fourth-order valence-electron chi connectivity index (χ4n) is 3.21. The lowest BCUT2D eigenvalue weighted by Crippen LogP contribution is -2.37. The van der Waals surface area contributed by atoms with E-state index >= 15 is 0 Å². The summed E-state index contributed by atoms with van der Waals surface area (Å²) in [6, 6.07) is 4.31. The van der Waals surface area contributed by atoms with Gasteiger partial charge in [0, 0.05) is 24.3 Å². The molecule has 0 bridgehead atoms. The number of rotatable bonds is 7. The average Bonchev–Trinajstić information content (AvgIpc) is 2.81. The molecule has 0 radical (unpaired) electrons. The third-order valence-corrected chi connectivity index (χ3v) is 4.91. The number of hydrogen-bond donors (Lipinski definition) is 2. The lowest BCUT2D eigenvalue weighted by Gasteiger charge is -2.25. The van der Waals surface area contributed by atoms with Crippen LogP contribution in [0.4, 0.5) is 11.4 Å². The van der Waals surface area contributed by atoms with Gasteiger partial charge in [-0.1, -0.05) is 11.6 Å². The van der Waals surface area contributed by atoms with E-state index in [0.29, 0.717) is 12.2 Å². The highest BCUT2D eigenvalue weighted by Crippen LogP contribution is 2.27. The van der Waals surface area contributed by atoms with Crippen LogP contribution in [-0.4, -0.2) is 71.0 Å². The molecule has 1 saturated heterocycles. The Bertz CT molecular complexity index is 715. The Morgan fingerprint density at radius 3 is 2.81 bits per heavy atom. The predicted octanol–water partition coefficient (Wildman–Crippen LogP) is 2.06. The highest BCUT2D eigenvalue weighted by atomic mass is 35.5. The number of hydrogen-bond acceptors (Lipinski definition) is 6. The third-order valence-electron chi connectivity index (χ3n) is 4.59. The lowest BCUT2D eigenvalue weighted by atomic mass is 10.1. The number of likely N-dealkylation sites (tertiary alicyclic amines) is 1. The maximum Gasteiger partial charge on any atom is 0.317 e. The number of benzene rings is 1. The number of carboxylic acid groups (broad SMARTS) is 1. The zero-order valence-corrected chi connectivity index (χ0v) is 15.8. The van der Waals surface area contributed by atoms with Gasteiger partial charge < -0.3 is 10.4 Å². The Balaban J connectivity index is 1.88. The van der Waals surface area contributed by atoms with Crippen molar-refractivity contribution in [3.8, 4) is 0 Å². The summed E-state index contributed by atoms with van der Waals surface area (Å²) >= 11 is 5.77. The SMILES string of the molecule is CN(CC(=O)O)C1CCCN(CC(=O)Nc2ccc(Cl)c([N+](=O)[O-])c2)CC1. The van der Waals surface area contributed by atoms with Crippen molar-refractivity contribution in [3.05, 3.63) is 33.3 Å². The van der Waals surface area contributed by atoms with Gasteiger partial charge in [0.2, 0.25) is 5.91 Å². The van der Waals surface area contributed by atoms with Gasteiger partial charge in [0.25, 0.3) is 5.69 Å². The van der Waals surface area contributed by atoms with Crippen LogP contribution in [0.25, 0.3) is 0 Å². The molecule has 0 spiro atoms. The lowest BCUT2D eigenvalue weighted by molar-refractivity contribution is -0.384. The Kier molecular flexibility index (Phi) is 7.52. The number of nitrogens with zero attached hydrogens (tertiary/aromatic N) is 3. The average molecular weight is 399 g/mol. The van der Waals surface area contributed by atoms with Crippen LogP contribution in [0.2, 0.25) is 5.02 Å². The number of anilines is 1. The van der Waals surface area contributed by atoms with Gasteiger partial charge in [0.15, 0.2) is 0 Å². The highest BCUT2D eigenvalue weighted by Gasteiger charge is 2.23. The largest absolute Gasteiger partial charge is 0.480 e. The van der Waals surface area contributed by atoms with E-state index < -0.39 is 10.9 Å². The molecule has 1 amide bonds. The van der Waals surface area contributed by atoms with Crippen molar-refractivity contribution >= 4 is 34.9 Å². The summed E-state index contributed by atoms with van der Waals surface area (Å²) in [5, 5.41) is 22.5. The number of halogens is 1. The second kappa shape index (κ2) is 9.63. The standard InChI is InChI=1S/C17H23ClN4O5/c1-20(11-17(24)25)13-3-2-7-21(8-6-13)10-16(23)19-12-4-5-14(18)15(9-12)22(26)27/h4-5,9,13H,2-3,6-8,10-11H2,1H3,(H,19,23)(H,24,25). The molecule has 0 aromatic heterocycles. The van der Waals surface area contributed by atoms with Crippen LogP contribution in [0.5, 0.6) is 0 Å². The van der Waals surface area contributed by atoms with E-state index in [9.17, 15) is 19.7 Å². The summed E-state index contributed by atoms with van der Waals surface area (Å²) in [7, 11) is 1.80. The molecule has 1 heterocycles. The first-order valence-electron chi connectivity index (χ1n) is 8.64. The van der Waals surface area contributed by atoms with E-state index in [-0.39, 0.29) is 35.7 Å². The third kappa shape index (κ3) is 6.46. The van der Waals surface area contributed by atoms with Crippen LogP contribution in [0.15, 0.2) is 18.2 Å². The van der Waals surface area contributed by atoms with Crippen LogP contribution >= 0.6 is 11.6 Å². The minimum atomic E-state index is -0.852. The van der Waals surface area contributed by atoms with Gasteiger partial charge in [0.1, 0.15) is 5.02 Å². The molecular weight excluding hydrogens is 376 g/mol.